The lowest BCUT2D eigenvalue weighted by atomic mass is 9.97. The number of nitrogens with zero attached hydrogens (tertiary/aromatic N) is 2. The fourth-order valence-electron chi connectivity index (χ4n) is 3.42. The minimum Gasteiger partial charge on any atom is -0.371 e. The zero-order chi connectivity index (χ0) is 18.9. The van der Waals surface area contributed by atoms with Crippen molar-refractivity contribution in [2.24, 2.45) is 0 Å². The van der Waals surface area contributed by atoms with Crippen LogP contribution in [0.1, 0.15) is 17.2 Å². The van der Waals surface area contributed by atoms with E-state index in [2.05, 4.69) is 27.9 Å². The summed E-state index contributed by atoms with van der Waals surface area (Å²) in [7, 11) is -2.05. The minimum atomic E-state index is -3.45. The molecule has 1 aliphatic heterocycles. The first-order valence-electron chi connectivity index (χ1n) is 8.83. The summed E-state index contributed by atoms with van der Waals surface area (Å²) in [6, 6.07) is 15.1. The standard InChI is InChI=1S/C20H21N3O3S/c1-21-27(24,25)17-8-6-16(7-9-17)20-22-11-12-23(20)14-19-18-5-3-2-4-15(18)10-13-26-19/h2-9,11-12,19,21H,10,13-14H2,1H3/t19-/m1/s1. The van der Waals surface area contributed by atoms with Crippen LogP contribution in [0.2, 0.25) is 0 Å². The van der Waals surface area contributed by atoms with E-state index < -0.39 is 10.0 Å². The van der Waals surface area contributed by atoms with E-state index in [1.54, 1.807) is 30.5 Å². The molecule has 2 heterocycles. The predicted octanol–water partition coefficient (Wildman–Crippen LogP) is 2.77. The maximum Gasteiger partial charge on any atom is 0.240 e. The van der Waals surface area contributed by atoms with Crippen LogP contribution in [0.25, 0.3) is 11.4 Å². The number of nitrogens with one attached hydrogen (secondary N) is 1. The van der Waals surface area contributed by atoms with Crippen molar-refractivity contribution in [3.05, 3.63) is 72.1 Å². The molecule has 2 aromatic carbocycles. The van der Waals surface area contributed by atoms with E-state index in [-0.39, 0.29) is 11.0 Å². The Balaban J connectivity index is 1.61. The van der Waals surface area contributed by atoms with E-state index in [0.717, 1.165) is 17.8 Å². The maximum absolute atomic E-state index is 11.9. The van der Waals surface area contributed by atoms with Crippen LogP contribution < -0.4 is 4.72 Å². The average Bonchev–Trinajstić information content (AvgIpc) is 3.16. The van der Waals surface area contributed by atoms with Crippen molar-refractivity contribution in [2.45, 2.75) is 24.0 Å². The molecular weight excluding hydrogens is 362 g/mol. The first-order chi connectivity index (χ1) is 13.1. The number of hydrogen-bond donors (Lipinski definition) is 1. The molecular formula is C20H21N3O3S. The predicted molar refractivity (Wildman–Crippen MR) is 103 cm³/mol. The fourth-order valence-corrected chi connectivity index (χ4v) is 4.15. The van der Waals surface area contributed by atoms with Gasteiger partial charge in [-0.2, -0.15) is 0 Å². The molecule has 0 saturated heterocycles. The lowest BCUT2D eigenvalue weighted by Crippen LogP contribution is -2.20. The fraction of sp³-hybridized carbons (Fsp3) is 0.250. The Kier molecular flexibility index (Phi) is 4.82. The molecule has 0 unspecified atom stereocenters. The molecule has 1 atom stereocenters. The maximum atomic E-state index is 11.9. The number of benzene rings is 2. The molecule has 0 spiro atoms. The molecule has 0 aliphatic carbocycles. The number of imidazole rings is 1. The van der Waals surface area contributed by atoms with Crippen LogP contribution in [0, 0.1) is 0 Å². The van der Waals surface area contributed by atoms with Crippen LogP contribution in [-0.2, 0) is 27.7 Å². The largest absolute Gasteiger partial charge is 0.371 e. The Hall–Kier alpha value is -2.48. The topological polar surface area (TPSA) is 73.2 Å². The van der Waals surface area contributed by atoms with Crippen LogP contribution in [-0.4, -0.2) is 31.6 Å². The van der Waals surface area contributed by atoms with Crippen LogP contribution in [0.3, 0.4) is 0 Å². The van der Waals surface area contributed by atoms with E-state index in [0.29, 0.717) is 13.2 Å². The monoisotopic (exact) mass is 383 g/mol. The second-order valence-electron chi connectivity index (χ2n) is 6.44. The van der Waals surface area contributed by atoms with Crippen molar-refractivity contribution in [1.29, 1.82) is 0 Å². The Morgan fingerprint density at radius 1 is 1.19 bits per heavy atom. The third-order valence-corrected chi connectivity index (χ3v) is 6.29. The highest BCUT2D eigenvalue weighted by molar-refractivity contribution is 7.89. The lowest BCUT2D eigenvalue weighted by Gasteiger charge is -2.26. The Labute approximate surface area is 158 Å². The van der Waals surface area contributed by atoms with Gasteiger partial charge in [0.05, 0.1) is 18.0 Å². The smallest absolute Gasteiger partial charge is 0.240 e. The van der Waals surface area contributed by atoms with E-state index in [9.17, 15) is 8.42 Å². The third kappa shape index (κ3) is 3.53. The zero-order valence-electron chi connectivity index (χ0n) is 15.0. The summed E-state index contributed by atoms with van der Waals surface area (Å²) < 4.78 is 34.2. The van der Waals surface area contributed by atoms with Gasteiger partial charge in [-0.1, -0.05) is 24.3 Å². The highest BCUT2D eigenvalue weighted by atomic mass is 32.2. The van der Waals surface area contributed by atoms with E-state index in [4.69, 9.17) is 4.74 Å². The molecule has 7 heteroatoms. The molecule has 1 aromatic heterocycles. The summed E-state index contributed by atoms with van der Waals surface area (Å²) in [5.41, 5.74) is 3.41. The van der Waals surface area contributed by atoms with Gasteiger partial charge >= 0.3 is 0 Å². The van der Waals surface area contributed by atoms with Gasteiger partial charge < -0.3 is 9.30 Å². The quantitative estimate of drug-likeness (QED) is 0.735. The van der Waals surface area contributed by atoms with Gasteiger partial charge in [0.2, 0.25) is 10.0 Å². The number of aromatic nitrogens is 2. The number of fused-ring (bicyclic) bond motifs is 1. The van der Waals surface area contributed by atoms with Gasteiger partial charge in [-0.25, -0.2) is 18.1 Å². The summed E-state index contributed by atoms with van der Waals surface area (Å²) in [6.45, 7) is 1.37. The summed E-state index contributed by atoms with van der Waals surface area (Å²) in [5.74, 6) is 0.787. The van der Waals surface area contributed by atoms with Gasteiger partial charge in [-0.05, 0) is 48.9 Å². The first-order valence-corrected chi connectivity index (χ1v) is 10.3. The Bertz CT molecular complexity index is 1040. The Morgan fingerprint density at radius 2 is 1.96 bits per heavy atom. The SMILES string of the molecule is CNS(=O)(=O)c1ccc(-c2nccn2C[C@H]2OCCc3ccccc32)cc1. The van der Waals surface area contributed by atoms with Gasteiger partial charge in [0.15, 0.2) is 0 Å². The van der Waals surface area contributed by atoms with E-state index in [1.165, 1.54) is 18.2 Å². The summed E-state index contributed by atoms with van der Waals surface area (Å²) in [4.78, 5) is 4.70. The van der Waals surface area contributed by atoms with Crippen molar-refractivity contribution in [3.8, 4) is 11.4 Å². The number of ether oxygens (including phenoxy) is 1. The lowest BCUT2D eigenvalue weighted by molar-refractivity contribution is 0.0309. The molecule has 0 bridgehead atoms. The minimum absolute atomic E-state index is 0.0214. The number of sulfonamides is 1. The highest BCUT2D eigenvalue weighted by Crippen LogP contribution is 2.30. The molecule has 1 aliphatic rings. The molecule has 0 fully saturated rings. The molecule has 0 amide bonds. The molecule has 0 saturated carbocycles. The van der Waals surface area contributed by atoms with Crippen LogP contribution in [0.4, 0.5) is 0 Å². The second kappa shape index (κ2) is 7.26. The van der Waals surface area contributed by atoms with Crippen molar-refractivity contribution < 1.29 is 13.2 Å². The summed E-state index contributed by atoms with van der Waals surface area (Å²) in [5, 5.41) is 0. The highest BCUT2D eigenvalue weighted by Gasteiger charge is 2.22. The van der Waals surface area contributed by atoms with Crippen molar-refractivity contribution >= 4 is 10.0 Å². The molecule has 3 aromatic rings. The zero-order valence-corrected chi connectivity index (χ0v) is 15.8. The van der Waals surface area contributed by atoms with Gasteiger partial charge in [0.25, 0.3) is 0 Å². The van der Waals surface area contributed by atoms with E-state index in [1.807, 2.05) is 16.8 Å². The van der Waals surface area contributed by atoms with Gasteiger partial charge in [0.1, 0.15) is 11.9 Å². The van der Waals surface area contributed by atoms with Crippen LogP contribution in [0.15, 0.2) is 65.8 Å². The molecule has 27 heavy (non-hydrogen) atoms. The molecule has 1 N–H and O–H groups in total. The average molecular weight is 383 g/mol. The van der Waals surface area contributed by atoms with Crippen LogP contribution >= 0.6 is 0 Å². The Morgan fingerprint density at radius 3 is 2.74 bits per heavy atom. The third-order valence-electron chi connectivity index (χ3n) is 4.86. The van der Waals surface area contributed by atoms with Crippen LogP contribution in [0.5, 0.6) is 0 Å². The molecule has 140 valence electrons. The van der Waals surface area contributed by atoms with Crippen molar-refractivity contribution in [3.63, 3.8) is 0 Å². The van der Waals surface area contributed by atoms with Gasteiger partial charge in [-0.3, -0.25) is 0 Å². The summed E-state index contributed by atoms with van der Waals surface area (Å²) >= 11 is 0. The molecule has 6 nitrogen and oxygen atoms in total. The second-order valence-corrected chi connectivity index (χ2v) is 8.33. The van der Waals surface area contributed by atoms with E-state index >= 15 is 0 Å². The normalized spacial score (nSPS) is 16.9. The van der Waals surface area contributed by atoms with Gasteiger partial charge in [-0.15, -0.1) is 0 Å². The number of rotatable bonds is 5. The first kappa shape index (κ1) is 17.9. The molecule has 4 rings (SSSR count). The van der Waals surface area contributed by atoms with Gasteiger partial charge in [0, 0.05) is 18.0 Å². The van der Waals surface area contributed by atoms with Crippen molar-refractivity contribution in [1.82, 2.24) is 14.3 Å². The van der Waals surface area contributed by atoms with Crippen molar-refractivity contribution in [2.75, 3.05) is 13.7 Å². The molecule has 0 radical (unpaired) electrons. The number of hydrogen-bond acceptors (Lipinski definition) is 4. The summed E-state index contributed by atoms with van der Waals surface area (Å²) in [6.07, 6.45) is 4.59.